The molecule has 2 rings (SSSR count). The Kier molecular flexibility index (Phi) is 6.97. The molecule has 8 heteroatoms. The molecule has 0 aliphatic rings. The number of halogens is 1. The van der Waals surface area contributed by atoms with Crippen molar-refractivity contribution in [1.29, 1.82) is 0 Å². The fraction of sp³-hybridized carbons (Fsp3) is 0.176. The summed E-state index contributed by atoms with van der Waals surface area (Å²) < 4.78 is 0. The van der Waals surface area contributed by atoms with E-state index in [2.05, 4.69) is 10.5 Å². The Morgan fingerprint density at radius 2 is 2.04 bits per heavy atom. The van der Waals surface area contributed by atoms with Crippen molar-refractivity contribution in [1.82, 2.24) is 5.43 Å². The lowest BCUT2D eigenvalue weighted by molar-refractivity contribution is -0.385. The molecule has 0 fully saturated rings. The van der Waals surface area contributed by atoms with Crippen molar-refractivity contribution in [3.8, 4) is 0 Å². The van der Waals surface area contributed by atoms with E-state index in [9.17, 15) is 14.9 Å². The quantitative estimate of drug-likeness (QED) is 0.450. The molecule has 0 bridgehead atoms. The maximum atomic E-state index is 11.7. The SMILES string of the molecule is Cc1ccc(/C=N/NC(=O)CSCc2ccc(Cl)cc2)c([N+](=O)[O-])c1. The highest BCUT2D eigenvalue weighted by molar-refractivity contribution is 7.99. The minimum absolute atomic E-state index is 0.0462. The van der Waals surface area contributed by atoms with Crippen molar-refractivity contribution in [2.45, 2.75) is 12.7 Å². The normalized spacial score (nSPS) is 10.8. The highest BCUT2D eigenvalue weighted by Gasteiger charge is 2.11. The highest BCUT2D eigenvalue weighted by atomic mass is 35.5. The third kappa shape index (κ3) is 6.21. The predicted molar refractivity (Wildman–Crippen MR) is 101 cm³/mol. The number of aryl methyl sites for hydroxylation is 1. The van der Waals surface area contributed by atoms with Gasteiger partial charge in [-0.05, 0) is 36.2 Å². The fourth-order valence-corrected chi connectivity index (χ4v) is 2.88. The van der Waals surface area contributed by atoms with Crippen LogP contribution in [-0.2, 0) is 10.5 Å². The molecule has 2 aromatic carbocycles. The van der Waals surface area contributed by atoms with Gasteiger partial charge in [-0.3, -0.25) is 14.9 Å². The number of carbonyl (C=O) groups is 1. The largest absolute Gasteiger partial charge is 0.278 e. The molecule has 1 amide bonds. The summed E-state index contributed by atoms with van der Waals surface area (Å²) in [4.78, 5) is 22.3. The van der Waals surface area contributed by atoms with Gasteiger partial charge in [-0.1, -0.05) is 29.8 Å². The first kappa shape index (κ1) is 19.0. The van der Waals surface area contributed by atoms with Crippen molar-refractivity contribution in [3.05, 3.63) is 74.3 Å². The van der Waals surface area contributed by atoms with Crippen LogP contribution in [0.4, 0.5) is 5.69 Å². The van der Waals surface area contributed by atoms with Crippen LogP contribution in [0.5, 0.6) is 0 Å². The standard InChI is InChI=1S/C17H16ClN3O3S/c1-12-2-5-14(16(8-12)21(23)24)9-19-20-17(22)11-25-10-13-3-6-15(18)7-4-13/h2-9H,10-11H2,1H3,(H,20,22)/b19-9+. The van der Waals surface area contributed by atoms with Gasteiger partial charge in [0.2, 0.25) is 5.91 Å². The summed E-state index contributed by atoms with van der Waals surface area (Å²) in [5.41, 5.74) is 4.52. The average molecular weight is 378 g/mol. The number of benzene rings is 2. The minimum Gasteiger partial charge on any atom is -0.272 e. The maximum absolute atomic E-state index is 11.7. The molecule has 0 spiro atoms. The molecule has 0 atom stereocenters. The number of hydrogen-bond donors (Lipinski definition) is 1. The van der Waals surface area contributed by atoms with E-state index < -0.39 is 4.92 Å². The van der Waals surface area contributed by atoms with E-state index in [1.54, 1.807) is 31.2 Å². The Labute approximate surface area is 154 Å². The van der Waals surface area contributed by atoms with Crippen LogP contribution < -0.4 is 5.43 Å². The molecule has 0 aliphatic heterocycles. The van der Waals surface area contributed by atoms with Crippen LogP contribution in [0.1, 0.15) is 16.7 Å². The lowest BCUT2D eigenvalue weighted by Crippen LogP contribution is -2.19. The van der Waals surface area contributed by atoms with Crippen LogP contribution >= 0.6 is 23.4 Å². The number of carbonyl (C=O) groups excluding carboxylic acids is 1. The summed E-state index contributed by atoms with van der Waals surface area (Å²) in [7, 11) is 0. The zero-order valence-corrected chi connectivity index (χ0v) is 15.0. The average Bonchev–Trinajstić information content (AvgIpc) is 2.58. The number of hydrazone groups is 1. The Bertz CT molecular complexity index is 794. The molecule has 0 saturated heterocycles. The predicted octanol–water partition coefficient (Wildman–Crippen LogP) is 3.94. The monoisotopic (exact) mass is 377 g/mol. The van der Waals surface area contributed by atoms with Crippen LogP contribution in [-0.4, -0.2) is 22.8 Å². The van der Waals surface area contributed by atoms with E-state index in [0.717, 1.165) is 11.1 Å². The lowest BCUT2D eigenvalue weighted by atomic mass is 10.1. The molecule has 0 radical (unpaired) electrons. The van der Waals surface area contributed by atoms with Crippen molar-refractivity contribution >= 4 is 41.2 Å². The number of thioether (sulfide) groups is 1. The Morgan fingerprint density at radius 3 is 2.72 bits per heavy atom. The summed E-state index contributed by atoms with van der Waals surface area (Å²) in [5.74, 6) is 0.637. The van der Waals surface area contributed by atoms with Gasteiger partial charge in [0.05, 0.1) is 22.5 Å². The van der Waals surface area contributed by atoms with Crippen molar-refractivity contribution in [2.24, 2.45) is 5.10 Å². The van der Waals surface area contributed by atoms with Gasteiger partial charge in [-0.15, -0.1) is 11.8 Å². The van der Waals surface area contributed by atoms with E-state index in [4.69, 9.17) is 11.6 Å². The van der Waals surface area contributed by atoms with Crippen molar-refractivity contribution < 1.29 is 9.72 Å². The van der Waals surface area contributed by atoms with E-state index in [1.807, 2.05) is 12.1 Å². The molecule has 0 heterocycles. The van der Waals surface area contributed by atoms with E-state index in [1.165, 1.54) is 24.0 Å². The highest BCUT2D eigenvalue weighted by Crippen LogP contribution is 2.18. The summed E-state index contributed by atoms with van der Waals surface area (Å²) in [6.07, 6.45) is 1.28. The number of rotatable bonds is 7. The second-order valence-electron chi connectivity index (χ2n) is 5.23. The number of nitro benzene ring substituents is 1. The van der Waals surface area contributed by atoms with Gasteiger partial charge in [0, 0.05) is 16.8 Å². The summed E-state index contributed by atoms with van der Waals surface area (Å²) >= 11 is 7.25. The second kappa shape index (κ2) is 9.19. The van der Waals surface area contributed by atoms with E-state index >= 15 is 0 Å². The number of nitro groups is 1. The Hall–Kier alpha value is -2.38. The maximum Gasteiger partial charge on any atom is 0.278 e. The van der Waals surface area contributed by atoms with Crippen LogP contribution in [0.2, 0.25) is 5.02 Å². The first-order valence-electron chi connectivity index (χ1n) is 7.35. The van der Waals surface area contributed by atoms with E-state index in [0.29, 0.717) is 16.3 Å². The first-order chi connectivity index (χ1) is 12.0. The van der Waals surface area contributed by atoms with Gasteiger partial charge >= 0.3 is 0 Å². The third-order valence-corrected chi connectivity index (χ3v) is 4.45. The Balaban J connectivity index is 1.82. The number of amides is 1. The van der Waals surface area contributed by atoms with Crippen LogP contribution in [0.25, 0.3) is 0 Å². The van der Waals surface area contributed by atoms with E-state index in [-0.39, 0.29) is 17.3 Å². The molecule has 2 aromatic rings. The van der Waals surface area contributed by atoms with Crippen LogP contribution in [0, 0.1) is 17.0 Å². The fourth-order valence-electron chi connectivity index (χ4n) is 1.97. The lowest BCUT2D eigenvalue weighted by Gasteiger charge is -2.02. The second-order valence-corrected chi connectivity index (χ2v) is 6.65. The van der Waals surface area contributed by atoms with Gasteiger partial charge < -0.3 is 0 Å². The molecule has 6 nitrogen and oxygen atoms in total. The zero-order valence-electron chi connectivity index (χ0n) is 13.4. The van der Waals surface area contributed by atoms with Crippen molar-refractivity contribution in [2.75, 3.05) is 5.75 Å². The molecule has 0 aromatic heterocycles. The molecule has 130 valence electrons. The van der Waals surface area contributed by atoms with Crippen molar-refractivity contribution in [3.63, 3.8) is 0 Å². The molecule has 0 unspecified atom stereocenters. The number of nitrogens with one attached hydrogen (secondary N) is 1. The zero-order chi connectivity index (χ0) is 18.2. The summed E-state index contributed by atoms with van der Waals surface area (Å²) in [5, 5.41) is 15.5. The molecule has 1 N–H and O–H groups in total. The minimum atomic E-state index is -0.474. The molecule has 25 heavy (non-hydrogen) atoms. The van der Waals surface area contributed by atoms with Crippen LogP contribution in [0.15, 0.2) is 47.6 Å². The molecular weight excluding hydrogens is 362 g/mol. The van der Waals surface area contributed by atoms with Gasteiger partial charge in [-0.2, -0.15) is 5.10 Å². The number of nitrogens with zero attached hydrogens (tertiary/aromatic N) is 2. The molecule has 0 aliphatic carbocycles. The summed E-state index contributed by atoms with van der Waals surface area (Å²) in [6.45, 7) is 1.77. The first-order valence-corrected chi connectivity index (χ1v) is 8.88. The molecular formula is C17H16ClN3O3S. The third-order valence-electron chi connectivity index (χ3n) is 3.19. The van der Waals surface area contributed by atoms with Gasteiger partial charge in [-0.25, -0.2) is 5.43 Å². The van der Waals surface area contributed by atoms with Crippen LogP contribution in [0.3, 0.4) is 0 Å². The topological polar surface area (TPSA) is 84.6 Å². The molecule has 0 saturated carbocycles. The Morgan fingerprint density at radius 1 is 1.32 bits per heavy atom. The summed E-state index contributed by atoms with van der Waals surface area (Å²) in [6, 6.07) is 12.2. The van der Waals surface area contributed by atoms with Gasteiger partial charge in [0.1, 0.15) is 0 Å². The van der Waals surface area contributed by atoms with Gasteiger partial charge in [0.25, 0.3) is 5.69 Å². The smallest absolute Gasteiger partial charge is 0.272 e. The van der Waals surface area contributed by atoms with Gasteiger partial charge in [0.15, 0.2) is 0 Å². The number of hydrogen-bond acceptors (Lipinski definition) is 5.